The number of piperidine rings is 1. The average molecular weight is 446 g/mol. The predicted molar refractivity (Wildman–Crippen MR) is 121 cm³/mol. The lowest BCUT2D eigenvalue weighted by molar-refractivity contribution is -0.126. The van der Waals surface area contributed by atoms with Crippen LogP contribution in [0.3, 0.4) is 0 Å². The molecule has 0 spiro atoms. The Hall–Kier alpha value is -1.89. The highest BCUT2D eigenvalue weighted by Gasteiger charge is 2.30. The smallest absolute Gasteiger partial charge is 0.263 e. The van der Waals surface area contributed by atoms with Gasteiger partial charge in [0.15, 0.2) is 0 Å². The number of likely N-dealkylation sites (tertiary alicyclic amines) is 2. The fraction of sp³-hybridized carbons (Fsp3) is 0.478. The lowest BCUT2D eigenvalue weighted by atomic mass is 9.95. The number of halogens is 1. The standard InChI is InChI=1S/C23H28ClN3O2S/c24-19-7-2-1-6-18(19)20(26-11-3-4-12-26)16-25-22(28)17-9-13-27(14-10-17)23(29)21-8-5-15-30-21/h1-2,5-8,15,17,20H,3-4,9-14,16H2,(H,25,28). The largest absolute Gasteiger partial charge is 0.354 e. The third-order valence-electron chi connectivity index (χ3n) is 6.20. The molecule has 2 aliphatic rings. The Labute approximate surface area is 187 Å². The van der Waals surface area contributed by atoms with Crippen LogP contribution >= 0.6 is 22.9 Å². The van der Waals surface area contributed by atoms with Crippen LogP contribution in [0.15, 0.2) is 41.8 Å². The normalized spacial score (nSPS) is 19.0. The summed E-state index contributed by atoms with van der Waals surface area (Å²) in [6.07, 6.45) is 3.80. The minimum atomic E-state index is -0.0390. The molecule has 2 amide bonds. The summed E-state index contributed by atoms with van der Waals surface area (Å²) < 4.78 is 0. The van der Waals surface area contributed by atoms with Gasteiger partial charge in [-0.05, 0) is 61.8 Å². The third-order valence-corrected chi connectivity index (χ3v) is 7.40. The summed E-state index contributed by atoms with van der Waals surface area (Å²) in [5.74, 6) is 0.133. The van der Waals surface area contributed by atoms with Crippen molar-refractivity contribution < 1.29 is 9.59 Å². The average Bonchev–Trinajstić information content (AvgIpc) is 3.49. The number of carbonyl (C=O) groups is 2. The number of hydrogen-bond donors (Lipinski definition) is 1. The van der Waals surface area contributed by atoms with E-state index in [9.17, 15) is 9.59 Å². The lowest BCUT2D eigenvalue weighted by Crippen LogP contribution is -2.44. The molecular formula is C23H28ClN3O2S. The highest BCUT2D eigenvalue weighted by Crippen LogP contribution is 2.30. The first-order valence-corrected chi connectivity index (χ1v) is 12.0. The summed E-state index contributed by atoms with van der Waals surface area (Å²) >= 11 is 7.94. The minimum Gasteiger partial charge on any atom is -0.354 e. The van der Waals surface area contributed by atoms with Gasteiger partial charge in [-0.1, -0.05) is 35.9 Å². The van der Waals surface area contributed by atoms with Gasteiger partial charge in [0, 0.05) is 30.6 Å². The van der Waals surface area contributed by atoms with E-state index in [-0.39, 0.29) is 23.8 Å². The molecule has 0 saturated carbocycles. The van der Waals surface area contributed by atoms with Gasteiger partial charge in [-0.2, -0.15) is 0 Å². The second-order valence-electron chi connectivity index (χ2n) is 8.07. The summed E-state index contributed by atoms with van der Waals surface area (Å²) in [4.78, 5) is 30.4. The molecule has 1 atom stereocenters. The monoisotopic (exact) mass is 445 g/mol. The molecule has 2 aliphatic heterocycles. The molecule has 0 aliphatic carbocycles. The van der Waals surface area contributed by atoms with E-state index in [2.05, 4.69) is 16.3 Å². The molecule has 1 N–H and O–H groups in total. The van der Waals surface area contributed by atoms with Gasteiger partial charge in [0.05, 0.1) is 10.9 Å². The van der Waals surface area contributed by atoms with E-state index in [0.29, 0.717) is 32.5 Å². The van der Waals surface area contributed by atoms with E-state index < -0.39 is 0 Å². The Balaban J connectivity index is 1.33. The first-order chi connectivity index (χ1) is 14.6. The van der Waals surface area contributed by atoms with Crippen molar-refractivity contribution >= 4 is 34.8 Å². The van der Waals surface area contributed by atoms with Gasteiger partial charge < -0.3 is 10.2 Å². The number of thiophene rings is 1. The first kappa shape index (κ1) is 21.3. The van der Waals surface area contributed by atoms with Gasteiger partial charge in [-0.15, -0.1) is 11.3 Å². The Bertz CT molecular complexity index is 859. The highest BCUT2D eigenvalue weighted by molar-refractivity contribution is 7.12. The zero-order valence-electron chi connectivity index (χ0n) is 17.1. The van der Waals surface area contributed by atoms with E-state index in [1.807, 2.05) is 40.6 Å². The van der Waals surface area contributed by atoms with Crippen molar-refractivity contribution in [1.29, 1.82) is 0 Å². The van der Waals surface area contributed by atoms with E-state index in [4.69, 9.17) is 11.6 Å². The van der Waals surface area contributed by atoms with E-state index in [1.54, 1.807) is 0 Å². The van der Waals surface area contributed by atoms with Crippen LogP contribution in [0, 0.1) is 5.92 Å². The van der Waals surface area contributed by atoms with E-state index in [1.165, 1.54) is 24.2 Å². The highest BCUT2D eigenvalue weighted by atomic mass is 35.5. The molecule has 5 nitrogen and oxygen atoms in total. The molecule has 30 heavy (non-hydrogen) atoms. The minimum absolute atomic E-state index is 0.0390. The summed E-state index contributed by atoms with van der Waals surface area (Å²) in [5.41, 5.74) is 1.08. The van der Waals surface area contributed by atoms with Gasteiger partial charge in [-0.3, -0.25) is 14.5 Å². The Morgan fingerprint density at radius 1 is 1.07 bits per heavy atom. The molecule has 3 heterocycles. The summed E-state index contributed by atoms with van der Waals surface area (Å²) in [7, 11) is 0. The molecule has 2 aromatic rings. The van der Waals surface area contributed by atoms with Crippen LogP contribution in [0.2, 0.25) is 5.02 Å². The van der Waals surface area contributed by atoms with Crippen LogP contribution in [0.1, 0.15) is 47.0 Å². The second kappa shape index (κ2) is 9.94. The van der Waals surface area contributed by atoms with Gasteiger partial charge >= 0.3 is 0 Å². The van der Waals surface area contributed by atoms with Crippen LogP contribution in [0.5, 0.6) is 0 Å². The number of nitrogens with zero attached hydrogens (tertiary/aromatic N) is 2. The van der Waals surface area contributed by atoms with Crippen molar-refractivity contribution in [3.8, 4) is 0 Å². The number of amides is 2. The molecule has 0 radical (unpaired) electrons. The first-order valence-electron chi connectivity index (χ1n) is 10.7. The number of hydrogen-bond acceptors (Lipinski definition) is 4. The fourth-order valence-corrected chi connectivity index (χ4v) is 5.43. The lowest BCUT2D eigenvalue weighted by Gasteiger charge is -2.32. The van der Waals surface area contributed by atoms with Crippen molar-refractivity contribution in [2.45, 2.75) is 31.7 Å². The maximum Gasteiger partial charge on any atom is 0.263 e. The van der Waals surface area contributed by atoms with E-state index in [0.717, 1.165) is 28.6 Å². The van der Waals surface area contributed by atoms with Crippen molar-refractivity contribution in [2.24, 2.45) is 5.92 Å². The van der Waals surface area contributed by atoms with Crippen LogP contribution in [-0.2, 0) is 4.79 Å². The summed E-state index contributed by atoms with van der Waals surface area (Å²) in [6.45, 7) is 3.91. The number of carbonyl (C=O) groups excluding carboxylic acids is 2. The number of benzene rings is 1. The molecular weight excluding hydrogens is 418 g/mol. The van der Waals surface area contributed by atoms with Crippen molar-refractivity contribution in [1.82, 2.24) is 15.1 Å². The number of nitrogens with one attached hydrogen (secondary N) is 1. The van der Waals surface area contributed by atoms with Gasteiger partial charge in [-0.25, -0.2) is 0 Å². The molecule has 7 heteroatoms. The summed E-state index contributed by atoms with van der Waals surface area (Å²) in [6, 6.07) is 11.8. The van der Waals surface area contributed by atoms with Gasteiger partial charge in [0.25, 0.3) is 5.91 Å². The predicted octanol–water partition coefficient (Wildman–Crippen LogP) is 4.21. The Morgan fingerprint density at radius 3 is 2.47 bits per heavy atom. The van der Waals surface area contributed by atoms with Crippen molar-refractivity contribution in [3.63, 3.8) is 0 Å². The maximum atomic E-state index is 12.9. The maximum absolute atomic E-state index is 12.9. The second-order valence-corrected chi connectivity index (χ2v) is 9.42. The Kier molecular flexibility index (Phi) is 7.08. The quantitative estimate of drug-likeness (QED) is 0.724. The van der Waals surface area contributed by atoms with Crippen LogP contribution < -0.4 is 5.32 Å². The van der Waals surface area contributed by atoms with Crippen LogP contribution in [0.25, 0.3) is 0 Å². The van der Waals surface area contributed by atoms with Crippen LogP contribution in [-0.4, -0.2) is 54.3 Å². The molecule has 1 aromatic heterocycles. The molecule has 160 valence electrons. The zero-order valence-corrected chi connectivity index (χ0v) is 18.6. The third kappa shape index (κ3) is 4.88. The molecule has 2 fully saturated rings. The van der Waals surface area contributed by atoms with Crippen molar-refractivity contribution in [3.05, 3.63) is 57.2 Å². The zero-order chi connectivity index (χ0) is 20.9. The topological polar surface area (TPSA) is 52.7 Å². The molecule has 4 rings (SSSR count). The molecule has 2 saturated heterocycles. The van der Waals surface area contributed by atoms with Gasteiger partial charge in [0.1, 0.15) is 0 Å². The Morgan fingerprint density at radius 2 is 1.80 bits per heavy atom. The van der Waals surface area contributed by atoms with Gasteiger partial charge in [0.2, 0.25) is 5.91 Å². The van der Waals surface area contributed by atoms with Crippen molar-refractivity contribution in [2.75, 3.05) is 32.7 Å². The molecule has 1 unspecified atom stereocenters. The molecule has 1 aromatic carbocycles. The fourth-order valence-electron chi connectivity index (χ4n) is 4.48. The van der Waals surface area contributed by atoms with Crippen LogP contribution in [0.4, 0.5) is 0 Å². The molecule has 0 bridgehead atoms. The van der Waals surface area contributed by atoms with E-state index >= 15 is 0 Å². The number of rotatable bonds is 6. The SMILES string of the molecule is O=C(NCC(c1ccccc1Cl)N1CCCC1)C1CCN(C(=O)c2cccs2)CC1. The summed E-state index contributed by atoms with van der Waals surface area (Å²) in [5, 5.41) is 5.86.